The van der Waals surface area contributed by atoms with Crippen molar-refractivity contribution in [3.05, 3.63) is 11.1 Å². The van der Waals surface area contributed by atoms with Gasteiger partial charge in [0.1, 0.15) is 10.5 Å². The summed E-state index contributed by atoms with van der Waals surface area (Å²) in [5, 5.41) is 6.51. The molecule has 0 aliphatic rings. The van der Waals surface area contributed by atoms with Crippen LogP contribution < -0.4 is 10.6 Å². The summed E-state index contributed by atoms with van der Waals surface area (Å²) < 4.78 is 9.80. The maximum Gasteiger partial charge on any atom is 0.407 e. The van der Waals surface area contributed by atoms with E-state index in [1.165, 1.54) is 24.6 Å². The molecule has 1 atom stereocenters. The van der Waals surface area contributed by atoms with Gasteiger partial charge in [-0.1, -0.05) is 11.3 Å². The molecule has 1 heterocycles. The molecule has 0 aliphatic carbocycles. The lowest BCUT2D eigenvalue weighted by molar-refractivity contribution is 0.0506. The lowest BCUT2D eigenvalue weighted by Crippen LogP contribution is -2.38. The zero-order valence-electron chi connectivity index (χ0n) is 13.6. The Hall–Kier alpha value is -1.83. The number of aromatic nitrogens is 1. The quantitative estimate of drug-likeness (QED) is 0.780. The number of alkyl carbamates (subject to hydrolysis) is 1. The molecular weight excluding hydrogens is 306 g/mol. The fourth-order valence-corrected chi connectivity index (χ4v) is 2.29. The Bertz CT molecular complexity index is 510. The second kappa shape index (κ2) is 7.98. The summed E-state index contributed by atoms with van der Waals surface area (Å²) in [4.78, 5) is 27.4. The SMILES string of the molecule is COC(=O)c1cnc(NCCC(C)NC(=O)OC(C)(C)C)s1. The van der Waals surface area contributed by atoms with Crippen LogP contribution in [0.2, 0.25) is 0 Å². The molecule has 0 fully saturated rings. The van der Waals surface area contributed by atoms with Crippen molar-refractivity contribution in [3.63, 3.8) is 0 Å². The van der Waals surface area contributed by atoms with Crippen molar-refractivity contribution in [1.29, 1.82) is 0 Å². The Kier molecular flexibility index (Phi) is 6.61. The van der Waals surface area contributed by atoms with Gasteiger partial charge in [0.2, 0.25) is 0 Å². The van der Waals surface area contributed by atoms with Gasteiger partial charge in [-0.2, -0.15) is 0 Å². The molecule has 0 saturated heterocycles. The van der Waals surface area contributed by atoms with Gasteiger partial charge < -0.3 is 20.1 Å². The van der Waals surface area contributed by atoms with Crippen molar-refractivity contribution in [2.45, 2.75) is 45.8 Å². The predicted molar refractivity (Wildman–Crippen MR) is 85.4 cm³/mol. The first-order valence-electron chi connectivity index (χ1n) is 6.99. The second-order valence-electron chi connectivity index (χ2n) is 5.78. The number of amides is 1. The van der Waals surface area contributed by atoms with Gasteiger partial charge in [0.15, 0.2) is 5.13 Å². The Morgan fingerprint density at radius 3 is 2.68 bits per heavy atom. The van der Waals surface area contributed by atoms with Crippen LogP contribution in [-0.2, 0) is 9.47 Å². The number of nitrogens with zero attached hydrogens (tertiary/aromatic N) is 1. The summed E-state index contributed by atoms with van der Waals surface area (Å²) in [6.07, 6.45) is 1.75. The first-order valence-corrected chi connectivity index (χ1v) is 7.80. The highest BCUT2D eigenvalue weighted by molar-refractivity contribution is 7.17. The summed E-state index contributed by atoms with van der Waals surface area (Å²) >= 11 is 1.23. The lowest BCUT2D eigenvalue weighted by atomic mass is 10.2. The van der Waals surface area contributed by atoms with Crippen LogP contribution in [0.15, 0.2) is 6.20 Å². The largest absolute Gasteiger partial charge is 0.465 e. The van der Waals surface area contributed by atoms with Crippen LogP contribution in [0.5, 0.6) is 0 Å². The van der Waals surface area contributed by atoms with Gasteiger partial charge in [0, 0.05) is 12.6 Å². The molecule has 8 heteroatoms. The summed E-state index contributed by atoms with van der Waals surface area (Å²) in [6.45, 7) is 7.97. The Balaban J connectivity index is 2.30. The van der Waals surface area contributed by atoms with E-state index < -0.39 is 17.7 Å². The van der Waals surface area contributed by atoms with Crippen LogP contribution in [-0.4, -0.2) is 42.3 Å². The van der Waals surface area contributed by atoms with Crippen molar-refractivity contribution in [2.24, 2.45) is 0 Å². The first kappa shape index (κ1) is 18.2. The second-order valence-corrected chi connectivity index (χ2v) is 6.81. The highest BCUT2D eigenvalue weighted by Gasteiger charge is 2.17. The van der Waals surface area contributed by atoms with Crippen molar-refractivity contribution in [1.82, 2.24) is 10.3 Å². The molecule has 7 nitrogen and oxygen atoms in total. The average molecular weight is 329 g/mol. The molecule has 1 aromatic rings. The zero-order chi connectivity index (χ0) is 16.8. The van der Waals surface area contributed by atoms with Crippen LogP contribution in [0.1, 0.15) is 43.8 Å². The fourth-order valence-electron chi connectivity index (χ4n) is 1.53. The Labute approximate surface area is 134 Å². The molecule has 0 spiro atoms. The van der Waals surface area contributed by atoms with Gasteiger partial charge in [-0.15, -0.1) is 0 Å². The highest BCUT2D eigenvalue weighted by atomic mass is 32.1. The van der Waals surface area contributed by atoms with Crippen molar-refractivity contribution in [2.75, 3.05) is 19.0 Å². The van der Waals surface area contributed by atoms with Gasteiger partial charge in [0.25, 0.3) is 0 Å². The van der Waals surface area contributed by atoms with E-state index in [9.17, 15) is 9.59 Å². The highest BCUT2D eigenvalue weighted by Crippen LogP contribution is 2.18. The van der Waals surface area contributed by atoms with E-state index in [1.54, 1.807) is 0 Å². The third-order valence-electron chi connectivity index (χ3n) is 2.51. The summed E-state index contributed by atoms with van der Waals surface area (Å²) in [6, 6.07) is -0.0395. The van der Waals surface area contributed by atoms with Crippen LogP contribution in [0.4, 0.5) is 9.93 Å². The first-order chi connectivity index (χ1) is 10.2. The van der Waals surface area contributed by atoms with Gasteiger partial charge in [0.05, 0.1) is 13.3 Å². The zero-order valence-corrected chi connectivity index (χ0v) is 14.4. The number of carbonyl (C=O) groups is 2. The third kappa shape index (κ3) is 6.75. The Morgan fingerprint density at radius 1 is 1.41 bits per heavy atom. The van der Waals surface area contributed by atoms with E-state index in [4.69, 9.17) is 4.74 Å². The number of nitrogens with one attached hydrogen (secondary N) is 2. The van der Waals surface area contributed by atoms with Crippen molar-refractivity contribution in [3.8, 4) is 0 Å². The number of ether oxygens (including phenoxy) is 2. The minimum absolute atomic E-state index is 0.0395. The van der Waals surface area contributed by atoms with E-state index in [0.29, 0.717) is 23.0 Å². The molecular formula is C14H23N3O4S. The molecule has 0 aliphatic heterocycles. The van der Waals surface area contributed by atoms with E-state index in [-0.39, 0.29) is 6.04 Å². The number of thiazole rings is 1. The van der Waals surface area contributed by atoms with Crippen LogP contribution in [0.3, 0.4) is 0 Å². The molecule has 1 aromatic heterocycles. The van der Waals surface area contributed by atoms with E-state index in [0.717, 1.165) is 0 Å². The average Bonchev–Trinajstić information content (AvgIpc) is 2.84. The summed E-state index contributed by atoms with van der Waals surface area (Å²) in [5.74, 6) is -0.398. The van der Waals surface area contributed by atoms with Crippen molar-refractivity contribution < 1.29 is 19.1 Å². The molecule has 2 N–H and O–H groups in total. The molecule has 0 radical (unpaired) electrons. The number of methoxy groups -OCH3 is 1. The van der Waals surface area contributed by atoms with Gasteiger partial charge in [-0.3, -0.25) is 0 Å². The number of anilines is 1. The molecule has 1 unspecified atom stereocenters. The van der Waals surface area contributed by atoms with Gasteiger partial charge >= 0.3 is 12.1 Å². The van der Waals surface area contributed by atoms with E-state index >= 15 is 0 Å². The maximum absolute atomic E-state index is 11.6. The summed E-state index contributed by atoms with van der Waals surface area (Å²) in [7, 11) is 1.33. The van der Waals surface area contributed by atoms with E-state index in [2.05, 4.69) is 20.4 Å². The molecule has 1 amide bonds. The molecule has 0 bridgehead atoms. The predicted octanol–water partition coefficient (Wildman–Crippen LogP) is 2.64. The standard InChI is InChI=1S/C14H23N3O4S/c1-9(17-13(19)21-14(2,3)4)6-7-15-12-16-8-10(22-12)11(18)20-5/h8-9H,6-7H2,1-5H3,(H,15,16)(H,17,19). The van der Waals surface area contributed by atoms with E-state index in [1.807, 2.05) is 27.7 Å². The molecule has 0 aromatic carbocycles. The fraction of sp³-hybridized carbons (Fsp3) is 0.643. The van der Waals surface area contributed by atoms with Crippen molar-refractivity contribution >= 4 is 28.5 Å². The molecule has 22 heavy (non-hydrogen) atoms. The number of esters is 1. The lowest BCUT2D eigenvalue weighted by Gasteiger charge is -2.22. The van der Waals surface area contributed by atoms with Crippen LogP contribution in [0, 0.1) is 0 Å². The minimum Gasteiger partial charge on any atom is -0.465 e. The number of hydrogen-bond acceptors (Lipinski definition) is 7. The third-order valence-corrected chi connectivity index (χ3v) is 3.44. The Morgan fingerprint density at radius 2 is 2.09 bits per heavy atom. The van der Waals surface area contributed by atoms with Crippen LogP contribution in [0.25, 0.3) is 0 Å². The normalized spacial score (nSPS) is 12.4. The minimum atomic E-state index is -0.507. The molecule has 1 rings (SSSR count). The number of rotatable bonds is 6. The smallest absolute Gasteiger partial charge is 0.407 e. The monoisotopic (exact) mass is 329 g/mol. The number of hydrogen-bond donors (Lipinski definition) is 2. The molecule has 0 saturated carbocycles. The molecule has 124 valence electrons. The topological polar surface area (TPSA) is 89.5 Å². The van der Waals surface area contributed by atoms with Gasteiger partial charge in [-0.25, -0.2) is 14.6 Å². The van der Waals surface area contributed by atoms with Gasteiger partial charge in [-0.05, 0) is 34.1 Å². The van der Waals surface area contributed by atoms with Crippen LogP contribution >= 0.6 is 11.3 Å². The summed E-state index contributed by atoms with van der Waals surface area (Å²) in [5.41, 5.74) is -0.507. The maximum atomic E-state index is 11.6. The number of carbonyl (C=O) groups excluding carboxylic acids is 2.